The van der Waals surface area contributed by atoms with Gasteiger partial charge in [-0.2, -0.15) is 0 Å². The quantitative estimate of drug-likeness (QED) is 0.900. The lowest BCUT2D eigenvalue weighted by Gasteiger charge is -2.06. The molecule has 1 aromatic carbocycles. The van der Waals surface area contributed by atoms with E-state index in [0.717, 1.165) is 6.26 Å². The minimum absolute atomic E-state index is 0.341. The fraction of sp³-hybridized carbons (Fsp3) is 0.0909. The van der Waals surface area contributed by atoms with Crippen molar-refractivity contribution in [2.24, 2.45) is 0 Å². The van der Waals surface area contributed by atoms with Gasteiger partial charge in [0.25, 0.3) is 5.91 Å². The fourth-order valence-electron chi connectivity index (χ4n) is 1.39. The summed E-state index contributed by atoms with van der Waals surface area (Å²) in [4.78, 5) is 15.8. The molecule has 100 valence electrons. The van der Waals surface area contributed by atoms with E-state index >= 15 is 0 Å². The van der Waals surface area contributed by atoms with Crippen molar-refractivity contribution in [2.45, 2.75) is 0 Å². The lowest BCUT2D eigenvalue weighted by atomic mass is 10.2. The topological polar surface area (TPSA) is 88.2 Å². The van der Waals surface area contributed by atoms with Gasteiger partial charge in [0.1, 0.15) is 0 Å². The normalized spacial score (nSPS) is 11.0. The van der Waals surface area contributed by atoms with Crippen LogP contribution in [0.2, 0.25) is 0 Å². The second-order valence-corrected chi connectivity index (χ2v) is 6.39. The van der Waals surface area contributed by atoms with Gasteiger partial charge in [0, 0.05) is 22.8 Å². The Morgan fingerprint density at radius 3 is 2.79 bits per heavy atom. The van der Waals surface area contributed by atoms with E-state index < -0.39 is 10.0 Å². The molecule has 1 amide bonds. The van der Waals surface area contributed by atoms with Gasteiger partial charge in [0.15, 0.2) is 5.13 Å². The Labute approximate surface area is 114 Å². The maximum atomic E-state index is 11.9. The largest absolute Gasteiger partial charge is 0.298 e. The first-order valence-corrected chi connectivity index (χ1v) is 8.00. The van der Waals surface area contributed by atoms with E-state index in [1.54, 1.807) is 29.8 Å². The Hall–Kier alpha value is -1.93. The average molecular weight is 297 g/mol. The van der Waals surface area contributed by atoms with Crippen molar-refractivity contribution < 1.29 is 13.2 Å². The molecule has 2 aromatic rings. The molecule has 0 aliphatic carbocycles. The van der Waals surface area contributed by atoms with Crippen LogP contribution in [0.1, 0.15) is 10.4 Å². The van der Waals surface area contributed by atoms with Gasteiger partial charge in [-0.15, -0.1) is 11.3 Å². The molecular formula is C11H11N3O3S2. The molecule has 19 heavy (non-hydrogen) atoms. The van der Waals surface area contributed by atoms with Crippen molar-refractivity contribution in [3.63, 3.8) is 0 Å². The number of hydrogen-bond acceptors (Lipinski definition) is 5. The lowest BCUT2D eigenvalue weighted by molar-refractivity contribution is 0.102. The molecule has 0 spiro atoms. The number of nitrogens with zero attached hydrogens (tertiary/aromatic N) is 1. The zero-order valence-electron chi connectivity index (χ0n) is 9.95. The zero-order chi connectivity index (χ0) is 13.9. The number of aromatic nitrogens is 1. The number of carbonyl (C=O) groups is 1. The summed E-state index contributed by atoms with van der Waals surface area (Å²) in [5.74, 6) is -0.341. The van der Waals surface area contributed by atoms with Crippen molar-refractivity contribution in [3.05, 3.63) is 41.4 Å². The fourth-order valence-corrected chi connectivity index (χ4v) is 2.47. The molecule has 0 aliphatic rings. The minimum atomic E-state index is -3.36. The van der Waals surface area contributed by atoms with Gasteiger partial charge in [-0.3, -0.25) is 14.8 Å². The molecule has 2 N–H and O–H groups in total. The Balaban J connectivity index is 2.16. The third-order valence-electron chi connectivity index (χ3n) is 2.08. The molecule has 8 heteroatoms. The Morgan fingerprint density at radius 2 is 2.16 bits per heavy atom. The summed E-state index contributed by atoms with van der Waals surface area (Å²) in [6, 6.07) is 6.23. The number of hydrogen-bond donors (Lipinski definition) is 2. The first-order valence-electron chi connectivity index (χ1n) is 5.23. The number of nitrogens with one attached hydrogen (secondary N) is 2. The number of benzene rings is 1. The Morgan fingerprint density at radius 1 is 1.37 bits per heavy atom. The van der Waals surface area contributed by atoms with Crippen molar-refractivity contribution in [3.8, 4) is 0 Å². The van der Waals surface area contributed by atoms with E-state index in [-0.39, 0.29) is 5.91 Å². The maximum absolute atomic E-state index is 11.9. The van der Waals surface area contributed by atoms with Crippen LogP contribution in [0.3, 0.4) is 0 Å². The molecule has 0 aliphatic heterocycles. The van der Waals surface area contributed by atoms with Crippen LogP contribution < -0.4 is 10.0 Å². The van der Waals surface area contributed by atoms with E-state index in [9.17, 15) is 13.2 Å². The van der Waals surface area contributed by atoms with E-state index in [2.05, 4.69) is 15.0 Å². The highest BCUT2D eigenvalue weighted by molar-refractivity contribution is 7.92. The van der Waals surface area contributed by atoms with Crippen molar-refractivity contribution in [2.75, 3.05) is 16.3 Å². The molecule has 0 saturated carbocycles. The second kappa shape index (κ2) is 5.37. The smallest absolute Gasteiger partial charge is 0.257 e. The Kier molecular flexibility index (Phi) is 3.82. The van der Waals surface area contributed by atoms with Crippen LogP contribution in [0, 0.1) is 0 Å². The molecule has 0 unspecified atom stereocenters. The van der Waals surface area contributed by atoms with Crippen LogP contribution >= 0.6 is 11.3 Å². The summed E-state index contributed by atoms with van der Waals surface area (Å²) in [6.45, 7) is 0. The second-order valence-electron chi connectivity index (χ2n) is 3.75. The molecule has 0 radical (unpaired) electrons. The molecule has 1 aromatic heterocycles. The SMILES string of the molecule is CS(=O)(=O)Nc1cccc(C(=O)Nc2nccs2)c1. The summed E-state index contributed by atoms with van der Waals surface area (Å²) in [7, 11) is -3.36. The molecule has 0 fully saturated rings. The molecule has 0 bridgehead atoms. The van der Waals surface area contributed by atoms with Crippen LogP contribution in [0.15, 0.2) is 35.8 Å². The number of thiazole rings is 1. The lowest BCUT2D eigenvalue weighted by Crippen LogP contribution is -2.13. The van der Waals surface area contributed by atoms with Crippen LogP contribution in [0.4, 0.5) is 10.8 Å². The van der Waals surface area contributed by atoms with Gasteiger partial charge in [0.2, 0.25) is 10.0 Å². The highest BCUT2D eigenvalue weighted by atomic mass is 32.2. The van der Waals surface area contributed by atoms with E-state index in [1.807, 2.05) is 0 Å². The third kappa shape index (κ3) is 4.04. The highest BCUT2D eigenvalue weighted by Gasteiger charge is 2.09. The average Bonchev–Trinajstić information content (AvgIpc) is 2.80. The molecular weight excluding hydrogens is 286 g/mol. The molecule has 6 nitrogen and oxygen atoms in total. The standard InChI is InChI=1S/C11H11N3O3S2/c1-19(16,17)14-9-4-2-3-8(7-9)10(15)13-11-12-5-6-18-11/h2-7,14H,1H3,(H,12,13,15). The minimum Gasteiger partial charge on any atom is -0.298 e. The molecule has 0 saturated heterocycles. The van der Waals surface area contributed by atoms with Gasteiger partial charge in [0.05, 0.1) is 6.26 Å². The van der Waals surface area contributed by atoms with Gasteiger partial charge in [-0.1, -0.05) is 6.07 Å². The van der Waals surface area contributed by atoms with Gasteiger partial charge >= 0.3 is 0 Å². The van der Waals surface area contributed by atoms with Crippen molar-refractivity contribution in [1.82, 2.24) is 4.98 Å². The van der Waals surface area contributed by atoms with Crippen LogP contribution in [-0.4, -0.2) is 25.6 Å². The number of anilines is 2. The molecule has 2 rings (SSSR count). The van der Waals surface area contributed by atoms with Crippen molar-refractivity contribution in [1.29, 1.82) is 0 Å². The van der Waals surface area contributed by atoms with Crippen LogP contribution in [0.25, 0.3) is 0 Å². The van der Waals surface area contributed by atoms with E-state index in [0.29, 0.717) is 16.4 Å². The van der Waals surface area contributed by atoms with Crippen LogP contribution in [0.5, 0.6) is 0 Å². The number of rotatable bonds is 4. The number of carbonyl (C=O) groups excluding carboxylic acids is 1. The predicted octanol–water partition coefficient (Wildman–Crippen LogP) is 1.77. The first kappa shape index (κ1) is 13.5. The van der Waals surface area contributed by atoms with E-state index in [1.165, 1.54) is 17.4 Å². The zero-order valence-corrected chi connectivity index (χ0v) is 11.6. The summed E-state index contributed by atoms with van der Waals surface area (Å²) in [5, 5.41) is 4.86. The molecule has 0 atom stereocenters. The monoisotopic (exact) mass is 297 g/mol. The molecule has 1 heterocycles. The Bertz CT molecular complexity index is 681. The number of amides is 1. The highest BCUT2D eigenvalue weighted by Crippen LogP contribution is 2.15. The van der Waals surface area contributed by atoms with Gasteiger partial charge in [-0.05, 0) is 18.2 Å². The van der Waals surface area contributed by atoms with Gasteiger partial charge < -0.3 is 0 Å². The summed E-state index contributed by atoms with van der Waals surface area (Å²) < 4.78 is 24.6. The van der Waals surface area contributed by atoms with Gasteiger partial charge in [-0.25, -0.2) is 13.4 Å². The summed E-state index contributed by atoms with van der Waals surface area (Å²) in [6.07, 6.45) is 2.64. The van der Waals surface area contributed by atoms with Crippen molar-refractivity contribution >= 4 is 38.1 Å². The first-order chi connectivity index (χ1) is 8.94. The number of sulfonamides is 1. The maximum Gasteiger partial charge on any atom is 0.257 e. The third-order valence-corrected chi connectivity index (χ3v) is 3.38. The summed E-state index contributed by atoms with van der Waals surface area (Å²) >= 11 is 1.31. The predicted molar refractivity (Wildman–Crippen MR) is 75.0 cm³/mol. The summed E-state index contributed by atoms with van der Waals surface area (Å²) in [5.41, 5.74) is 0.693. The van der Waals surface area contributed by atoms with Crippen LogP contribution in [-0.2, 0) is 10.0 Å². The van der Waals surface area contributed by atoms with E-state index in [4.69, 9.17) is 0 Å².